The second-order valence-corrected chi connectivity index (χ2v) is 7.85. The first kappa shape index (κ1) is 22.1. The lowest BCUT2D eigenvalue weighted by atomic mass is 10.1. The van der Waals surface area contributed by atoms with Gasteiger partial charge in [0, 0.05) is 5.75 Å². The number of thioether (sulfide) groups is 1. The zero-order valence-electron chi connectivity index (χ0n) is 17.0. The zero-order chi connectivity index (χ0) is 21.3. The smallest absolute Gasteiger partial charge is 0.321 e. The van der Waals surface area contributed by atoms with Gasteiger partial charge in [0.25, 0.3) is 0 Å². The van der Waals surface area contributed by atoms with Crippen LogP contribution in [0.1, 0.15) is 23.4 Å². The largest absolute Gasteiger partial charge is 0.490 e. The Morgan fingerprint density at radius 1 is 1.17 bits per heavy atom. The normalized spacial score (nSPS) is 18.0. The first-order valence-corrected chi connectivity index (χ1v) is 11.0. The van der Waals surface area contributed by atoms with Crippen LogP contribution in [0, 0.1) is 0 Å². The molecule has 6 nitrogen and oxygen atoms in total. The van der Waals surface area contributed by atoms with Crippen molar-refractivity contribution >= 4 is 17.7 Å². The van der Waals surface area contributed by atoms with Crippen molar-refractivity contribution in [3.8, 4) is 17.2 Å². The third-order valence-electron chi connectivity index (χ3n) is 4.59. The maximum atomic E-state index is 11.2. The van der Waals surface area contributed by atoms with Gasteiger partial charge in [-0.25, -0.2) is 0 Å². The number of aliphatic carboxylic acids is 1. The quantitative estimate of drug-likeness (QED) is 0.412. The number of ether oxygens (including phenoxy) is 3. The molecule has 1 saturated heterocycles. The Hall–Kier alpha value is -2.64. The van der Waals surface area contributed by atoms with Gasteiger partial charge in [0.05, 0.1) is 12.0 Å². The third-order valence-corrected chi connectivity index (χ3v) is 5.85. The Morgan fingerprint density at radius 3 is 2.63 bits per heavy atom. The van der Waals surface area contributed by atoms with E-state index in [2.05, 4.69) is 11.9 Å². The number of hydrogen-bond acceptors (Lipinski definition) is 6. The van der Waals surface area contributed by atoms with Crippen molar-refractivity contribution in [1.82, 2.24) is 5.32 Å². The summed E-state index contributed by atoms with van der Waals surface area (Å²) >= 11 is 1.57. The molecular weight excluding hydrogens is 402 g/mol. The van der Waals surface area contributed by atoms with Crippen LogP contribution in [0.5, 0.6) is 17.2 Å². The SMILES string of the molecule is C=CCc1ccccc1OCCOc1ccc(C2NC(C(=O)O)CS2)cc1OCC. The van der Waals surface area contributed by atoms with Gasteiger partial charge in [-0.3, -0.25) is 10.1 Å². The molecule has 7 heteroatoms. The van der Waals surface area contributed by atoms with Gasteiger partial charge in [-0.2, -0.15) is 0 Å². The summed E-state index contributed by atoms with van der Waals surface area (Å²) in [6.45, 7) is 6.98. The van der Waals surface area contributed by atoms with Crippen LogP contribution in [0.4, 0.5) is 0 Å². The number of allylic oxidation sites excluding steroid dienone is 1. The molecule has 2 aromatic rings. The summed E-state index contributed by atoms with van der Waals surface area (Å²) in [5, 5.41) is 12.2. The molecule has 3 rings (SSSR count). The van der Waals surface area contributed by atoms with E-state index in [9.17, 15) is 9.90 Å². The molecule has 0 amide bonds. The maximum Gasteiger partial charge on any atom is 0.321 e. The van der Waals surface area contributed by atoms with E-state index in [0.29, 0.717) is 37.1 Å². The summed E-state index contributed by atoms with van der Waals surface area (Å²) in [5.41, 5.74) is 2.06. The molecule has 0 bridgehead atoms. The average molecular weight is 430 g/mol. The number of para-hydroxylation sites is 1. The summed E-state index contributed by atoms with van der Waals surface area (Å²) < 4.78 is 17.5. The van der Waals surface area contributed by atoms with E-state index < -0.39 is 12.0 Å². The van der Waals surface area contributed by atoms with Crippen molar-refractivity contribution in [2.24, 2.45) is 0 Å². The molecule has 0 saturated carbocycles. The lowest BCUT2D eigenvalue weighted by Crippen LogP contribution is -2.33. The molecule has 2 aromatic carbocycles. The van der Waals surface area contributed by atoms with E-state index in [0.717, 1.165) is 23.3 Å². The highest BCUT2D eigenvalue weighted by molar-refractivity contribution is 7.99. The average Bonchev–Trinajstić information content (AvgIpc) is 3.24. The Morgan fingerprint density at radius 2 is 1.93 bits per heavy atom. The molecule has 0 spiro atoms. The zero-order valence-corrected chi connectivity index (χ0v) is 17.8. The molecule has 1 heterocycles. The monoisotopic (exact) mass is 429 g/mol. The number of rotatable bonds is 11. The predicted octanol–water partition coefficient (Wildman–Crippen LogP) is 4.06. The topological polar surface area (TPSA) is 77.0 Å². The van der Waals surface area contributed by atoms with Crippen LogP contribution < -0.4 is 19.5 Å². The van der Waals surface area contributed by atoms with Gasteiger partial charge in [-0.05, 0) is 42.7 Å². The lowest BCUT2D eigenvalue weighted by Gasteiger charge is -2.17. The Balaban J connectivity index is 1.59. The van der Waals surface area contributed by atoms with E-state index in [4.69, 9.17) is 14.2 Å². The summed E-state index contributed by atoms with van der Waals surface area (Å²) in [7, 11) is 0. The number of carboxylic acid groups (broad SMARTS) is 1. The molecular formula is C23H27NO5S. The van der Waals surface area contributed by atoms with Crippen molar-refractivity contribution < 1.29 is 24.1 Å². The molecule has 2 N–H and O–H groups in total. The summed E-state index contributed by atoms with van der Waals surface area (Å²) in [6, 6.07) is 13.1. The fourth-order valence-electron chi connectivity index (χ4n) is 3.15. The van der Waals surface area contributed by atoms with E-state index in [1.165, 1.54) is 0 Å². The number of nitrogens with one attached hydrogen (secondary N) is 1. The maximum absolute atomic E-state index is 11.2. The first-order chi connectivity index (χ1) is 14.6. The molecule has 160 valence electrons. The van der Waals surface area contributed by atoms with Gasteiger partial charge in [0.15, 0.2) is 11.5 Å². The van der Waals surface area contributed by atoms with Gasteiger partial charge >= 0.3 is 5.97 Å². The summed E-state index contributed by atoms with van der Waals surface area (Å²) in [4.78, 5) is 11.2. The molecule has 2 atom stereocenters. The highest BCUT2D eigenvalue weighted by Gasteiger charge is 2.30. The first-order valence-electron chi connectivity index (χ1n) is 9.94. The van der Waals surface area contributed by atoms with E-state index in [1.54, 1.807) is 11.8 Å². The highest BCUT2D eigenvalue weighted by Crippen LogP contribution is 2.37. The highest BCUT2D eigenvalue weighted by atomic mass is 32.2. The van der Waals surface area contributed by atoms with Crippen LogP contribution in [0.15, 0.2) is 55.1 Å². The van der Waals surface area contributed by atoms with Crippen LogP contribution in [0.3, 0.4) is 0 Å². The Bertz CT molecular complexity index is 872. The van der Waals surface area contributed by atoms with Crippen LogP contribution in [-0.2, 0) is 11.2 Å². The molecule has 2 unspecified atom stereocenters. The molecule has 0 aromatic heterocycles. The molecule has 1 fully saturated rings. The van der Waals surface area contributed by atoms with E-state index in [-0.39, 0.29) is 5.37 Å². The lowest BCUT2D eigenvalue weighted by molar-refractivity contribution is -0.138. The van der Waals surface area contributed by atoms with Gasteiger partial charge in [-0.15, -0.1) is 18.3 Å². The fourth-order valence-corrected chi connectivity index (χ4v) is 4.38. The minimum Gasteiger partial charge on any atom is -0.490 e. The third kappa shape index (κ3) is 5.70. The van der Waals surface area contributed by atoms with Crippen molar-refractivity contribution in [2.75, 3.05) is 25.6 Å². The number of carbonyl (C=O) groups is 1. The standard InChI is InChI=1S/C23H27NO5S/c1-3-7-16-8-5-6-9-19(16)28-12-13-29-20-11-10-17(14-21(20)27-4-2)22-24-18(15-30-22)23(25)26/h3,5-6,8-11,14,18,22,24H,1,4,7,12-13,15H2,2H3,(H,25,26). The van der Waals surface area contributed by atoms with Crippen molar-refractivity contribution in [3.05, 3.63) is 66.2 Å². The van der Waals surface area contributed by atoms with Crippen LogP contribution in [-0.4, -0.2) is 42.7 Å². The van der Waals surface area contributed by atoms with Crippen LogP contribution in [0.25, 0.3) is 0 Å². The molecule has 1 aliphatic heterocycles. The predicted molar refractivity (Wildman–Crippen MR) is 119 cm³/mol. The van der Waals surface area contributed by atoms with Gasteiger partial charge < -0.3 is 19.3 Å². The summed E-state index contributed by atoms with van der Waals surface area (Å²) in [6.07, 6.45) is 2.60. The van der Waals surface area contributed by atoms with Crippen molar-refractivity contribution in [3.63, 3.8) is 0 Å². The minimum absolute atomic E-state index is 0.0796. The van der Waals surface area contributed by atoms with Gasteiger partial charge in [-0.1, -0.05) is 30.3 Å². The van der Waals surface area contributed by atoms with Crippen molar-refractivity contribution in [1.29, 1.82) is 0 Å². The molecule has 1 aliphatic rings. The Kier molecular flexibility index (Phi) is 8.04. The van der Waals surface area contributed by atoms with Crippen LogP contribution >= 0.6 is 11.8 Å². The second kappa shape index (κ2) is 10.9. The molecule has 30 heavy (non-hydrogen) atoms. The Labute approximate surface area is 181 Å². The van der Waals surface area contributed by atoms with Gasteiger partial charge in [0.2, 0.25) is 0 Å². The molecule has 0 aliphatic carbocycles. The summed E-state index contributed by atoms with van der Waals surface area (Å²) in [5.74, 6) is 1.82. The van der Waals surface area contributed by atoms with E-state index in [1.807, 2.05) is 55.5 Å². The number of hydrogen-bond donors (Lipinski definition) is 2. The van der Waals surface area contributed by atoms with Crippen LogP contribution in [0.2, 0.25) is 0 Å². The number of benzene rings is 2. The minimum atomic E-state index is -0.829. The van der Waals surface area contributed by atoms with E-state index >= 15 is 0 Å². The second-order valence-electron chi connectivity index (χ2n) is 6.71. The molecule has 0 radical (unpaired) electrons. The van der Waals surface area contributed by atoms with Gasteiger partial charge in [0.1, 0.15) is 25.0 Å². The van der Waals surface area contributed by atoms with Crippen molar-refractivity contribution in [2.45, 2.75) is 24.8 Å². The number of carboxylic acids is 1. The fraction of sp³-hybridized carbons (Fsp3) is 0.348.